The molecule has 1 aromatic carbocycles. The lowest BCUT2D eigenvalue weighted by atomic mass is 10.1. The van der Waals surface area contributed by atoms with Crippen molar-refractivity contribution in [1.29, 1.82) is 0 Å². The minimum Gasteiger partial charge on any atom is -0.302 e. The van der Waals surface area contributed by atoms with Gasteiger partial charge in [0.1, 0.15) is 0 Å². The Balaban J connectivity index is 1.63. The number of hydrogen-bond acceptors (Lipinski definition) is 3. The fourth-order valence-electron chi connectivity index (χ4n) is 2.33. The first kappa shape index (κ1) is 12.8. The summed E-state index contributed by atoms with van der Waals surface area (Å²) in [5.74, 6) is 0. The van der Waals surface area contributed by atoms with Crippen LogP contribution in [-0.2, 0) is 13.0 Å². The van der Waals surface area contributed by atoms with Gasteiger partial charge in [0, 0.05) is 30.9 Å². The number of H-pyrrole nitrogens is 1. The van der Waals surface area contributed by atoms with Crippen LogP contribution in [0.2, 0.25) is 0 Å². The van der Waals surface area contributed by atoms with Crippen molar-refractivity contribution in [2.24, 2.45) is 0 Å². The third-order valence-corrected chi connectivity index (χ3v) is 3.44. The molecule has 0 saturated carbocycles. The number of likely N-dealkylation sites (N-methyl/N-ethyl adjacent to an activating group) is 1. The molecular formula is C16H18N4. The highest BCUT2D eigenvalue weighted by atomic mass is 15.1. The molecule has 3 rings (SSSR count). The molecule has 0 radical (unpaired) electrons. The van der Waals surface area contributed by atoms with Crippen LogP contribution in [0, 0.1) is 0 Å². The number of aromatic nitrogens is 3. The number of para-hydroxylation sites is 1. The van der Waals surface area contributed by atoms with E-state index in [0.717, 1.165) is 25.0 Å². The summed E-state index contributed by atoms with van der Waals surface area (Å²) in [6, 6.07) is 10.4. The molecule has 3 aromatic rings. The Labute approximate surface area is 118 Å². The number of pyridine rings is 1. The van der Waals surface area contributed by atoms with Crippen LogP contribution in [0.3, 0.4) is 0 Å². The molecule has 4 heteroatoms. The standard InChI is InChI=1S/C16H18N4/c1-20(7-6-13-10-18-19-11-13)12-14-8-15-4-2-3-5-16(15)17-9-14/h2-5,8-11H,6-7,12H2,1H3,(H,18,19). The SMILES string of the molecule is CN(CCc1cn[nH]c1)Cc1cnc2ccccc2c1. The lowest BCUT2D eigenvalue weighted by Crippen LogP contribution is -2.20. The molecule has 0 aliphatic rings. The minimum atomic E-state index is 0.912. The fraction of sp³-hybridized carbons (Fsp3) is 0.250. The van der Waals surface area contributed by atoms with Crippen LogP contribution in [0.5, 0.6) is 0 Å². The van der Waals surface area contributed by atoms with Gasteiger partial charge in [-0.2, -0.15) is 5.10 Å². The minimum absolute atomic E-state index is 0.912. The maximum Gasteiger partial charge on any atom is 0.0702 e. The summed E-state index contributed by atoms with van der Waals surface area (Å²) in [6.45, 7) is 1.92. The fourth-order valence-corrected chi connectivity index (χ4v) is 2.33. The van der Waals surface area contributed by atoms with Crippen LogP contribution in [-0.4, -0.2) is 33.7 Å². The predicted octanol–water partition coefficient (Wildman–Crippen LogP) is 2.63. The van der Waals surface area contributed by atoms with Gasteiger partial charge < -0.3 is 4.90 Å². The van der Waals surface area contributed by atoms with Crippen molar-refractivity contribution in [3.8, 4) is 0 Å². The molecule has 4 nitrogen and oxygen atoms in total. The van der Waals surface area contributed by atoms with E-state index in [-0.39, 0.29) is 0 Å². The molecule has 0 aliphatic carbocycles. The number of nitrogens with zero attached hydrogens (tertiary/aromatic N) is 3. The summed E-state index contributed by atoms with van der Waals surface area (Å²) in [4.78, 5) is 6.81. The molecule has 2 aromatic heterocycles. The van der Waals surface area contributed by atoms with Gasteiger partial charge in [0.2, 0.25) is 0 Å². The quantitative estimate of drug-likeness (QED) is 0.772. The third kappa shape index (κ3) is 3.03. The van der Waals surface area contributed by atoms with E-state index < -0.39 is 0 Å². The van der Waals surface area contributed by atoms with Gasteiger partial charge in [0.15, 0.2) is 0 Å². The van der Waals surface area contributed by atoms with Crippen LogP contribution < -0.4 is 0 Å². The van der Waals surface area contributed by atoms with E-state index in [9.17, 15) is 0 Å². The number of hydrogen-bond donors (Lipinski definition) is 1. The molecule has 0 amide bonds. The maximum atomic E-state index is 4.50. The Morgan fingerprint density at radius 2 is 2.05 bits per heavy atom. The zero-order valence-electron chi connectivity index (χ0n) is 11.6. The summed E-state index contributed by atoms with van der Waals surface area (Å²) >= 11 is 0. The topological polar surface area (TPSA) is 44.8 Å². The Morgan fingerprint density at radius 1 is 1.15 bits per heavy atom. The van der Waals surface area contributed by atoms with Crippen LogP contribution in [0.25, 0.3) is 10.9 Å². The highest BCUT2D eigenvalue weighted by Crippen LogP contribution is 2.13. The second-order valence-corrected chi connectivity index (χ2v) is 5.13. The number of rotatable bonds is 5. The van der Waals surface area contributed by atoms with Gasteiger partial charge in [0.05, 0.1) is 11.7 Å². The average Bonchev–Trinajstić information content (AvgIpc) is 2.98. The van der Waals surface area contributed by atoms with Crippen molar-refractivity contribution >= 4 is 10.9 Å². The summed E-state index contributed by atoms with van der Waals surface area (Å²) in [5, 5.41) is 8.01. The van der Waals surface area contributed by atoms with E-state index in [1.54, 1.807) is 0 Å². The van der Waals surface area contributed by atoms with E-state index in [4.69, 9.17) is 0 Å². The predicted molar refractivity (Wildman–Crippen MR) is 80.4 cm³/mol. The van der Waals surface area contributed by atoms with Gasteiger partial charge in [-0.1, -0.05) is 18.2 Å². The highest BCUT2D eigenvalue weighted by molar-refractivity contribution is 5.78. The second kappa shape index (κ2) is 5.84. The van der Waals surface area contributed by atoms with E-state index in [2.05, 4.69) is 45.3 Å². The van der Waals surface area contributed by atoms with Crippen molar-refractivity contribution in [2.75, 3.05) is 13.6 Å². The van der Waals surface area contributed by atoms with E-state index in [0.29, 0.717) is 0 Å². The van der Waals surface area contributed by atoms with Crippen molar-refractivity contribution in [3.05, 3.63) is 60.0 Å². The molecular weight excluding hydrogens is 248 g/mol. The molecule has 0 fully saturated rings. The highest BCUT2D eigenvalue weighted by Gasteiger charge is 2.03. The first-order valence-electron chi connectivity index (χ1n) is 6.81. The summed E-state index contributed by atoms with van der Waals surface area (Å²) in [6.07, 6.45) is 6.81. The molecule has 1 N–H and O–H groups in total. The monoisotopic (exact) mass is 266 g/mol. The molecule has 0 spiro atoms. The van der Waals surface area contributed by atoms with Crippen molar-refractivity contribution in [2.45, 2.75) is 13.0 Å². The lowest BCUT2D eigenvalue weighted by Gasteiger charge is -2.16. The second-order valence-electron chi connectivity index (χ2n) is 5.13. The molecule has 102 valence electrons. The number of fused-ring (bicyclic) bond motifs is 1. The van der Waals surface area contributed by atoms with E-state index in [1.807, 2.05) is 30.7 Å². The zero-order chi connectivity index (χ0) is 13.8. The van der Waals surface area contributed by atoms with Crippen molar-refractivity contribution in [1.82, 2.24) is 20.1 Å². The number of benzene rings is 1. The van der Waals surface area contributed by atoms with Gasteiger partial charge in [-0.05, 0) is 36.7 Å². The molecule has 2 heterocycles. The van der Waals surface area contributed by atoms with Crippen LogP contribution >= 0.6 is 0 Å². The van der Waals surface area contributed by atoms with Crippen LogP contribution in [0.15, 0.2) is 48.9 Å². The number of nitrogens with one attached hydrogen (secondary N) is 1. The van der Waals surface area contributed by atoms with Gasteiger partial charge in [-0.15, -0.1) is 0 Å². The summed E-state index contributed by atoms with van der Waals surface area (Å²) in [5.41, 5.74) is 3.55. The lowest BCUT2D eigenvalue weighted by molar-refractivity contribution is 0.331. The first-order valence-corrected chi connectivity index (χ1v) is 6.81. The Morgan fingerprint density at radius 3 is 2.90 bits per heavy atom. The van der Waals surface area contributed by atoms with E-state index in [1.165, 1.54) is 16.5 Å². The third-order valence-electron chi connectivity index (χ3n) is 3.44. The van der Waals surface area contributed by atoms with Gasteiger partial charge >= 0.3 is 0 Å². The zero-order valence-corrected chi connectivity index (χ0v) is 11.6. The molecule has 20 heavy (non-hydrogen) atoms. The van der Waals surface area contributed by atoms with Crippen LogP contribution in [0.4, 0.5) is 0 Å². The van der Waals surface area contributed by atoms with Crippen LogP contribution in [0.1, 0.15) is 11.1 Å². The Hall–Kier alpha value is -2.20. The smallest absolute Gasteiger partial charge is 0.0702 e. The first-order chi connectivity index (χ1) is 9.81. The Bertz CT molecular complexity index is 676. The molecule has 0 bridgehead atoms. The summed E-state index contributed by atoms with van der Waals surface area (Å²) in [7, 11) is 2.13. The molecule has 0 unspecified atom stereocenters. The largest absolute Gasteiger partial charge is 0.302 e. The maximum absolute atomic E-state index is 4.50. The molecule has 0 saturated heterocycles. The average molecular weight is 266 g/mol. The van der Waals surface area contributed by atoms with E-state index >= 15 is 0 Å². The summed E-state index contributed by atoms with van der Waals surface area (Å²) < 4.78 is 0. The van der Waals surface area contributed by atoms with Crippen molar-refractivity contribution < 1.29 is 0 Å². The normalized spacial score (nSPS) is 11.3. The van der Waals surface area contributed by atoms with Gasteiger partial charge in [-0.3, -0.25) is 10.1 Å². The number of aromatic amines is 1. The Kier molecular flexibility index (Phi) is 3.74. The van der Waals surface area contributed by atoms with Gasteiger partial charge in [0.25, 0.3) is 0 Å². The van der Waals surface area contributed by atoms with Gasteiger partial charge in [-0.25, -0.2) is 0 Å². The van der Waals surface area contributed by atoms with Crippen molar-refractivity contribution in [3.63, 3.8) is 0 Å². The molecule has 0 atom stereocenters. The molecule has 0 aliphatic heterocycles.